The Morgan fingerprint density at radius 2 is 1.05 bits per heavy atom. The van der Waals surface area contributed by atoms with Gasteiger partial charge >= 0.3 is 0 Å². The van der Waals surface area contributed by atoms with Crippen LogP contribution in [0.3, 0.4) is 0 Å². The molecule has 0 spiro atoms. The Bertz CT molecular complexity index is 1280. The van der Waals surface area contributed by atoms with Crippen LogP contribution in [0, 0.1) is 27.7 Å². The molecule has 0 unspecified atom stereocenters. The van der Waals surface area contributed by atoms with E-state index in [2.05, 4.69) is 38.4 Å². The maximum Gasteiger partial charge on any atom is 0.220 e. The molecule has 0 aliphatic heterocycles. The summed E-state index contributed by atoms with van der Waals surface area (Å²) >= 11 is 25.3. The summed E-state index contributed by atoms with van der Waals surface area (Å²) in [4.78, 5) is 7.78. The van der Waals surface area contributed by atoms with Crippen LogP contribution in [0.5, 0.6) is 17.4 Å². The summed E-state index contributed by atoms with van der Waals surface area (Å²) in [5, 5.41) is 10.3. The molecule has 0 radical (unpaired) electrons. The van der Waals surface area contributed by atoms with Gasteiger partial charge in [-0.3, -0.25) is 0 Å². The number of halogens is 3. The minimum absolute atomic E-state index is 0.354. The third-order valence-electron chi connectivity index (χ3n) is 4.02. The van der Waals surface area contributed by atoms with Gasteiger partial charge in [0.15, 0.2) is 0 Å². The van der Waals surface area contributed by atoms with Gasteiger partial charge in [-0.2, -0.15) is 0 Å². The van der Waals surface area contributed by atoms with Crippen LogP contribution >= 0.6 is 34.8 Å². The first-order valence-electron chi connectivity index (χ1n) is 10.5. The first-order chi connectivity index (χ1) is 17.5. The minimum Gasteiger partial charge on any atom is -0.508 e. The van der Waals surface area contributed by atoms with Gasteiger partial charge < -0.3 is 9.84 Å². The Hall–Kier alpha value is -1.91. The van der Waals surface area contributed by atoms with Gasteiger partial charge in [-0.15, -0.1) is 0 Å². The van der Waals surface area contributed by atoms with Gasteiger partial charge in [-0.1, -0.05) is 59.1 Å². The van der Waals surface area contributed by atoms with Crippen LogP contribution in [0.1, 0.15) is 22.3 Å². The lowest BCUT2D eigenvalue weighted by molar-refractivity contribution is 0.462. The number of hydrogen-bond donors (Lipinski definition) is 1. The molecule has 2 aromatic heterocycles. The quantitative estimate of drug-likeness (QED) is 0.224. The average Bonchev–Trinajstić information content (AvgIpc) is 2.78. The molecule has 0 saturated carbocycles. The van der Waals surface area contributed by atoms with Gasteiger partial charge in [0.1, 0.15) is 27.0 Å². The van der Waals surface area contributed by atoms with Gasteiger partial charge in [0.25, 0.3) is 0 Å². The largest absolute Gasteiger partial charge is 0.508 e. The number of nitrogens with zero attached hydrogens (tertiary/aromatic N) is 2. The van der Waals surface area contributed by atoms with E-state index in [4.69, 9.17) is 44.6 Å². The van der Waals surface area contributed by atoms with Gasteiger partial charge in [0, 0.05) is 46.2 Å². The Balaban J connectivity index is 0.000000277. The number of pyridine rings is 2. The fourth-order valence-electron chi connectivity index (χ4n) is 2.89. The predicted molar refractivity (Wildman–Crippen MR) is 167 cm³/mol. The van der Waals surface area contributed by atoms with Crippen molar-refractivity contribution in [3.05, 3.63) is 111 Å². The highest BCUT2D eigenvalue weighted by Gasteiger charge is 2.01. The summed E-state index contributed by atoms with van der Waals surface area (Å²) in [7, 11) is 2.34. The van der Waals surface area contributed by atoms with Crippen LogP contribution < -0.4 is 4.74 Å². The summed E-state index contributed by atoms with van der Waals surface area (Å²) in [5.41, 5.74) is 4.54. The Kier molecular flexibility index (Phi) is 16.4. The average molecular weight is 632 g/mol. The number of rotatable bonds is 2. The van der Waals surface area contributed by atoms with E-state index in [0.717, 1.165) is 28.0 Å². The fraction of sp³-hybridized carbons (Fsp3) is 0.154. The van der Waals surface area contributed by atoms with Gasteiger partial charge in [0.2, 0.25) is 5.88 Å². The molecular formula is C26H25Cl3N2O2S4. The Morgan fingerprint density at radius 3 is 1.41 bits per heavy atom. The van der Waals surface area contributed by atoms with Crippen molar-refractivity contribution in [1.29, 1.82) is 0 Å². The normalized spacial score (nSPS) is 9.27. The smallest absolute Gasteiger partial charge is 0.220 e. The maximum atomic E-state index is 8.99. The number of phenolic OH excluding ortho intramolecular Hbond substituents is 1. The zero-order valence-corrected chi connectivity index (χ0v) is 26.0. The molecule has 0 aliphatic carbocycles. The highest BCUT2D eigenvalue weighted by molar-refractivity contribution is 8.51. The summed E-state index contributed by atoms with van der Waals surface area (Å²) in [5.74, 6) is 1.65. The van der Waals surface area contributed by atoms with E-state index in [1.165, 1.54) is 17.8 Å². The van der Waals surface area contributed by atoms with E-state index in [-0.39, 0.29) is 0 Å². The second-order valence-corrected chi connectivity index (χ2v) is 12.2. The summed E-state index contributed by atoms with van der Waals surface area (Å²) in [6, 6.07) is 22.0. The molecule has 196 valence electrons. The molecule has 37 heavy (non-hydrogen) atoms. The number of aromatic hydroxyl groups is 1. The van der Waals surface area contributed by atoms with Crippen LogP contribution in [0.4, 0.5) is 0 Å². The van der Waals surface area contributed by atoms with E-state index in [9.17, 15) is 0 Å². The van der Waals surface area contributed by atoms with E-state index in [0.29, 0.717) is 27.1 Å². The Morgan fingerprint density at radius 1 is 0.649 bits per heavy atom. The third kappa shape index (κ3) is 15.8. The monoisotopic (exact) mass is 630 g/mol. The van der Waals surface area contributed by atoms with Crippen LogP contribution in [-0.4, -0.2) is 15.1 Å². The molecule has 4 aromatic rings. The van der Waals surface area contributed by atoms with Crippen molar-refractivity contribution in [3.63, 3.8) is 0 Å². The van der Waals surface area contributed by atoms with E-state index < -0.39 is 0 Å². The number of benzene rings is 2. The minimum atomic E-state index is 0.354. The summed E-state index contributed by atoms with van der Waals surface area (Å²) < 4.78 is 5.63. The van der Waals surface area contributed by atoms with Crippen LogP contribution in [0.25, 0.3) is 0 Å². The zero-order chi connectivity index (χ0) is 27.8. The Labute approximate surface area is 248 Å². The maximum absolute atomic E-state index is 8.99. The SMILES string of the molecule is Cc1cc(C)cc(O)c1.Cc1cc(C)cc(Oc2cccc(Cl)n2)c1.Clc1cccc(Cl)n1.S=S=S=S. The van der Waals surface area contributed by atoms with Gasteiger partial charge in [-0.25, -0.2) is 9.97 Å². The van der Waals surface area contributed by atoms with Crippen molar-refractivity contribution in [2.75, 3.05) is 0 Å². The molecule has 0 fully saturated rings. The van der Waals surface area contributed by atoms with Gasteiger partial charge in [0.05, 0.1) is 0 Å². The van der Waals surface area contributed by atoms with Crippen molar-refractivity contribution in [2.24, 2.45) is 0 Å². The summed E-state index contributed by atoms with van der Waals surface area (Å²) in [6.45, 7) is 8.00. The first-order valence-corrected chi connectivity index (χ1v) is 15.7. The standard InChI is InChI=1S/C13H12ClNO.C8H10O.C5H3Cl2N.S4/c1-9-6-10(2)8-11(7-9)16-13-5-3-4-12(14)15-13;1-6-3-7(2)5-8(9)4-6;6-4-2-1-3-5(7)8-4;1-3-4-2/h3-8H,1-2H3;3-5,9H,1-2H3;1-3H;. The number of aromatic nitrogens is 2. The van der Waals surface area contributed by atoms with Crippen LogP contribution in [0.15, 0.2) is 72.8 Å². The molecule has 0 atom stereocenters. The van der Waals surface area contributed by atoms with Crippen molar-refractivity contribution in [2.45, 2.75) is 27.7 Å². The summed E-state index contributed by atoms with van der Waals surface area (Å²) in [6.07, 6.45) is 0. The fourth-order valence-corrected chi connectivity index (χ4v) is 3.42. The molecule has 0 amide bonds. The molecule has 11 heteroatoms. The number of hydrogen-bond acceptors (Lipinski definition) is 6. The van der Waals surface area contributed by atoms with Gasteiger partial charge in [-0.05, 0) is 92.4 Å². The second kappa shape index (κ2) is 18.4. The van der Waals surface area contributed by atoms with E-state index >= 15 is 0 Å². The molecule has 2 heterocycles. The molecule has 1 N–H and O–H groups in total. The molecule has 0 saturated heterocycles. The topological polar surface area (TPSA) is 55.2 Å². The molecule has 0 aliphatic rings. The molecular weight excluding hydrogens is 607 g/mol. The van der Waals surface area contributed by atoms with Crippen molar-refractivity contribution < 1.29 is 9.84 Å². The lowest BCUT2D eigenvalue weighted by atomic mass is 10.1. The lowest BCUT2D eigenvalue weighted by Crippen LogP contribution is -1.89. The van der Waals surface area contributed by atoms with Crippen molar-refractivity contribution in [3.8, 4) is 17.4 Å². The predicted octanol–water partition coefficient (Wildman–Crippen LogP) is 8.53. The highest BCUT2D eigenvalue weighted by atomic mass is 35.5. The van der Waals surface area contributed by atoms with Crippen molar-refractivity contribution >= 4 is 74.9 Å². The third-order valence-corrected chi connectivity index (χ3v) is 6.88. The van der Waals surface area contributed by atoms with E-state index in [1.54, 1.807) is 42.5 Å². The number of ether oxygens (including phenoxy) is 1. The van der Waals surface area contributed by atoms with Crippen LogP contribution in [0.2, 0.25) is 15.5 Å². The number of phenols is 1. The van der Waals surface area contributed by atoms with Crippen LogP contribution in [-0.2, 0) is 40.1 Å². The zero-order valence-electron chi connectivity index (χ0n) is 20.4. The van der Waals surface area contributed by atoms with Crippen molar-refractivity contribution in [1.82, 2.24) is 9.97 Å². The second-order valence-electron chi connectivity index (χ2n) is 7.49. The molecule has 4 nitrogen and oxygen atoms in total. The molecule has 2 aromatic carbocycles. The first kappa shape index (κ1) is 33.1. The molecule has 0 bridgehead atoms. The van der Waals surface area contributed by atoms with E-state index in [1.807, 2.05) is 52.0 Å². The highest BCUT2D eigenvalue weighted by Crippen LogP contribution is 2.23. The number of aryl methyl sites for hydroxylation is 4. The lowest BCUT2D eigenvalue weighted by Gasteiger charge is -2.06. The molecule has 4 rings (SSSR count).